The lowest BCUT2D eigenvalue weighted by Gasteiger charge is -2.19. The molecule has 0 radical (unpaired) electrons. The van der Waals surface area contributed by atoms with Crippen LogP contribution in [0.2, 0.25) is 0 Å². The Morgan fingerprint density at radius 2 is 1.65 bits per heavy atom. The van der Waals surface area contributed by atoms with Crippen LogP contribution in [0.3, 0.4) is 0 Å². The molecule has 0 fully saturated rings. The predicted octanol–water partition coefficient (Wildman–Crippen LogP) is -0.0126. The topological polar surface area (TPSA) is 83.6 Å². The molecule has 0 aromatic carbocycles. The Morgan fingerprint density at radius 1 is 1.06 bits per heavy atom. The molecule has 0 atom stereocenters. The third-order valence-corrected chi connectivity index (χ3v) is 5.00. The van der Waals surface area contributed by atoms with E-state index >= 15 is 0 Å². The number of nitrogens with zero attached hydrogens (tertiary/aromatic N) is 1. The van der Waals surface area contributed by atoms with Gasteiger partial charge >= 0.3 is 0 Å². The lowest BCUT2D eigenvalue weighted by molar-refractivity contribution is 0.408. The standard InChI is InChI=1S/C9H22N2O4S2/c1-4-6-8-11(16(3,12)13)9-7-10-17(14,15)5-2/h10H,4-9H2,1-3H3. The maximum Gasteiger partial charge on any atom is 0.211 e. The second-order valence-corrected chi connectivity index (χ2v) is 7.89. The van der Waals surface area contributed by atoms with Crippen molar-refractivity contribution in [3.63, 3.8) is 0 Å². The molecule has 0 aromatic rings. The Morgan fingerprint density at radius 3 is 2.06 bits per heavy atom. The minimum atomic E-state index is -3.26. The van der Waals surface area contributed by atoms with E-state index in [2.05, 4.69) is 4.72 Å². The van der Waals surface area contributed by atoms with Gasteiger partial charge in [0, 0.05) is 19.6 Å². The summed E-state index contributed by atoms with van der Waals surface area (Å²) in [4.78, 5) is 0. The van der Waals surface area contributed by atoms with Crippen molar-refractivity contribution < 1.29 is 16.8 Å². The van der Waals surface area contributed by atoms with Crippen LogP contribution in [0.1, 0.15) is 26.7 Å². The second-order valence-electron chi connectivity index (χ2n) is 3.81. The molecule has 0 heterocycles. The average molecular weight is 286 g/mol. The fourth-order valence-corrected chi connectivity index (χ4v) is 2.70. The molecule has 0 rings (SSSR count). The molecule has 0 unspecified atom stereocenters. The van der Waals surface area contributed by atoms with E-state index in [9.17, 15) is 16.8 Å². The van der Waals surface area contributed by atoms with Crippen LogP contribution in [0.5, 0.6) is 0 Å². The molecule has 0 aromatic heterocycles. The SMILES string of the molecule is CCCCN(CCNS(=O)(=O)CC)S(C)(=O)=O. The highest BCUT2D eigenvalue weighted by Crippen LogP contribution is 2.00. The van der Waals surface area contributed by atoms with Crippen LogP contribution in [0.15, 0.2) is 0 Å². The van der Waals surface area contributed by atoms with E-state index in [-0.39, 0.29) is 18.8 Å². The summed E-state index contributed by atoms with van der Waals surface area (Å²) in [5, 5.41) is 0. The van der Waals surface area contributed by atoms with Crippen LogP contribution in [-0.4, -0.2) is 52.8 Å². The third-order valence-electron chi connectivity index (χ3n) is 2.29. The van der Waals surface area contributed by atoms with Gasteiger partial charge in [-0.25, -0.2) is 25.9 Å². The van der Waals surface area contributed by atoms with Crippen molar-refractivity contribution in [3.05, 3.63) is 0 Å². The maximum absolute atomic E-state index is 11.4. The van der Waals surface area contributed by atoms with Gasteiger partial charge in [0.05, 0.1) is 12.0 Å². The summed E-state index contributed by atoms with van der Waals surface area (Å²) in [6.45, 7) is 4.24. The Labute approximate surface area is 104 Å². The van der Waals surface area contributed by atoms with Gasteiger partial charge in [-0.15, -0.1) is 0 Å². The molecule has 104 valence electrons. The summed E-state index contributed by atoms with van der Waals surface area (Å²) in [6.07, 6.45) is 2.80. The fraction of sp³-hybridized carbons (Fsp3) is 1.00. The van der Waals surface area contributed by atoms with Crippen LogP contribution >= 0.6 is 0 Å². The summed E-state index contributed by atoms with van der Waals surface area (Å²) in [6, 6.07) is 0. The quantitative estimate of drug-likeness (QED) is 0.646. The van der Waals surface area contributed by atoms with Gasteiger partial charge in [-0.1, -0.05) is 13.3 Å². The minimum absolute atomic E-state index is 0.000828. The number of sulfonamides is 2. The summed E-state index contributed by atoms with van der Waals surface area (Å²) >= 11 is 0. The zero-order chi connectivity index (χ0) is 13.5. The normalized spacial score (nSPS) is 13.2. The molecule has 0 aliphatic carbocycles. The van der Waals surface area contributed by atoms with Crippen LogP contribution in [0, 0.1) is 0 Å². The zero-order valence-electron chi connectivity index (χ0n) is 10.6. The summed E-state index contributed by atoms with van der Waals surface area (Å²) in [5.41, 5.74) is 0. The lowest BCUT2D eigenvalue weighted by atomic mass is 10.3. The average Bonchev–Trinajstić information content (AvgIpc) is 2.21. The first-order chi connectivity index (χ1) is 7.73. The van der Waals surface area contributed by atoms with Gasteiger partial charge in [0.25, 0.3) is 0 Å². The Hall–Kier alpha value is -0.180. The predicted molar refractivity (Wildman–Crippen MR) is 68.8 cm³/mol. The van der Waals surface area contributed by atoms with Crippen molar-refractivity contribution in [2.75, 3.05) is 31.6 Å². The van der Waals surface area contributed by atoms with Crippen LogP contribution in [0.4, 0.5) is 0 Å². The van der Waals surface area contributed by atoms with Crippen LogP contribution in [0.25, 0.3) is 0 Å². The van der Waals surface area contributed by atoms with Gasteiger partial charge in [-0.3, -0.25) is 0 Å². The molecule has 6 nitrogen and oxygen atoms in total. The molecule has 0 spiro atoms. The van der Waals surface area contributed by atoms with E-state index in [4.69, 9.17) is 0 Å². The molecule has 0 bridgehead atoms. The van der Waals surface area contributed by atoms with Crippen molar-refractivity contribution >= 4 is 20.0 Å². The van der Waals surface area contributed by atoms with E-state index in [1.165, 1.54) is 11.2 Å². The molecule has 0 saturated heterocycles. The van der Waals surface area contributed by atoms with E-state index in [0.29, 0.717) is 6.54 Å². The minimum Gasteiger partial charge on any atom is -0.214 e. The molecule has 0 aliphatic heterocycles. The molecule has 0 aliphatic rings. The highest BCUT2D eigenvalue weighted by atomic mass is 32.2. The zero-order valence-corrected chi connectivity index (χ0v) is 12.3. The molecular weight excluding hydrogens is 264 g/mol. The number of hydrogen-bond acceptors (Lipinski definition) is 4. The van der Waals surface area contributed by atoms with Gasteiger partial charge in [-0.05, 0) is 13.3 Å². The Kier molecular flexibility index (Phi) is 7.22. The van der Waals surface area contributed by atoms with Crippen molar-refractivity contribution in [3.8, 4) is 0 Å². The number of unbranched alkanes of at least 4 members (excludes halogenated alkanes) is 1. The monoisotopic (exact) mass is 286 g/mol. The molecule has 8 heteroatoms. The van der Waals surface area contributed by atoms with Gasteiger partial charge in [0.2, 0.25) is 20.0 Å². The molecule has 1 N–H and O–H groups in total. The number of hydrogen-bond donors (Lipinski definition) is 1. The largest absolute Gasteiger partial charge is 0.214 e. The molecule has 0 amide bonds. The first-order valence-electron chi connectivity index (χ1n) is 5.65. The highest BCUT2D eigenvalue weighted by molar-refractivity contribution is 7.89. The van der Waals surface area contributed by atoms with E-state index < -0.39 is 20.0 Å². The smallest absolute Gasteiger partial charge is 0.211 e. The highest BCUT2D eigenvalue weighted by Gasteiger charge is 2.16. The van der Waals surface area contributed by atoms with Gasteiger partial charge in [0.15, 0.2) is 0 Å². The lowest BCUT2D eigenvalue weighted by Crippen LogP contribution is -2.38. The molecule has 17 heavy (non-hydrogen) atoms. The van der Waals surface area contributed by atoms with E-state index in [0.717, 1.165) is 19.1 Å². The van der Waals surface area contributed by atoms with Crippen molar-refractivity contribution in [1.82, 2.24) is 9.03 Å². The van der Waals surface area contributed by atoms with E-state index in [1.54, 1.807) is 0 Å². The summed E-state index contributed by atoms with van der Waals surface area (Å²) < 4.78 is 48.8. The van der Waals surface area contributed by atoms with Crippen LogP contribution < -0.4 is 4.72 Å². The number of nitrogens with one attached hydrogen (secondary N) is 1. The van der Waals surface area contributed by atoms with Crippen molar-refractivity contribution in [2.45, 2.75) is 26.7 Å². The third kappa shape index (κ3) is 7.69. The van der Waals surface area contributed by atoms with Gasteiger partial charge in [-0.2, -0.15) is 0 Å². The van der Waals surface area contributed by atoms with Crippen molar-refractivity contribution in [2.24, 2.45) is 0 Å². The number of rotatable bonds is 9. The molecule has 0 saturated carbocycles. The maximum atomic E-state index is 11.4. The van der Waals surface area contributed by atoms with E-state index in [1.807, 2.05) is 6.92 Å². The Balaban J connectivity index is 4.28. The molecular formula is C9H22N2O4S2. The van der Waals surface area contributed by atoms with Gasteiger partial charge in [0.1, 0.15) is 0 Å². The first kappa shape index (κ1) is 16.8. The second kappa shape index (κ2) is 7.30. The fourth-order valence-electron chi connectivity index (χ4n) is 1.21. The van der Waals surface area contributed by atoms with Crippen molar-refractivity contribution in [1.29, 1.82) is 0 Å². The van der Waals surface area contributed by atoms with Crippen LogP contribution in [-0.2, 0) is 20.0 Å². The summed E-state index contributed by atoms with van der Waals surface area (Å²) in [5.74, 6) is 0.000828. The summed E-state index contributed by atoms with van der Waals surface area (Å²) in [7, 11) is -6.52. The van der Waals surface area contributed by atoms with Gasteiger partial charge < -0.3 is 0 Å². The Bertz CT molecular complexity index is 403. The first-order valence-corrected chi connectivity index (χ1v) is 9.15.